The summed E-state index contributed by atoms with van der Waals surface area (Å²) in [5, 5.41) is 15.4. The van der Waals surface area contributed by atoms with Gasteiger partial charge in [0.1, 0.15) is 5.76 Å². The van der Waals surface area contributed by atoms with Crippen molar-refractivity contribution in [3.63, 3.8) is 0 Å². The van der Waals surface area contributed by atoms with Gasteiger partial charge in [0.05, 0.1) is 18.6 Å². The third-order valence-corrected chi connectivity index (χ3v) is 7.85. The number of carbonyl (C=O) groups excluding carboxylic acids is 1. The first-order valence-corrected chi connectivity index (χ1v) is 11.8. The second kappa shape index (κ2) is 9.78. The van der Waals surface area contributed by atoms with Crippen LogP contribution >= 0.6 is 23.1 Å². The average Bonchev–Trinajstić information content (AvgIpc) is 3.37. The minimum absolute atomic E-state index is 0.0866. The van der Waals surface area contributed by atoms with Crippen molar-refractivity contribution >= 4 is 34.1 Å². The molecule has 8 heteroatoms. The fourth-order valence-corrected chi connectivity index (χ4v) is 5.18. The second-order valence-electron chi connectivity index (χ2n) is 8.05. The Hall–Kier alpha value is -1.54. The molecule has 0 aromatic carbocycles. The molecule has 0 aliphatic heterocycles. The minimum atomic E-state index is 0.0866. The van der Waals surface area contributed by atoms with Crippen LogP contribution in [0.3, 0.4) is 0 Å². The van der Waals surface area contributed by atoms with E-state index in [4.69, 9.17) is 4.42 Å². The van der Waals surface area contributed by atoms with Crippen molar-refractivity contribution in [3.8, 4) is 0 Å². The van der Waals surface area contributed by atoms with Crippen LogP contribution in [0.1, 0.15) is 58.6 Å². The van der Waals surface area contributed by atoms with E-state index in [1.807, 2.05) is 12.1 Å². The SMILES string of the molecule is CCC(C)(C)C1CCC(NC(=O)CSc2nnc(NCc3ccco3)s2)CC1. The number of hydrogen-bond donors (Lipinski definition) is 2. The van der Waals surface area contributed by atoms with Crippen molar-refractivity contribution in [2.24, 2.45) is 11.3 Å². The van der Waals surface area contributed by atoms with Crippen LogP contribution in [-0.2, 0) is 11.3 Å². The second-order valence-corrected chi connectivity index (χ2v) is 10.3. The number of rotatable bonds is 9. The van der Waals surface area contributed by atoms with Crippen molar-refractivity contribution in [1.82, 2.24) is 15.5 Å². The number of furan rings is 1. The molecule has 154 valence electrons. The first-order valence-electron chi connectivity index (χ1n) is 9.98. The summed E-state index contributed by atoms with van der Waals surface area (Å²) < 4.78 is 6.08. The normalized spacial score (nSPS) is 20.1. The van der Waals surface area contributed by atoms with Gasteiger partial charge in [0.15, 0.2) is 4.34 Å². The highest BCUT2D eigenvalue weighted by molar-refractivity contribution is 8.01. The third-order valence-electron chi connectivity index (χ3n) is 5.84. The zero-order chi connectivity index (χ0) is 20.0. The molecule has 0 radical (unpaired) electrons. The Bertz CT molecular complexity index is 737. The highest BCUT2D eigenvalue weighted by Crippen LogP contribution is 2.40. The number of nitrogens with zero attached hydrogens (tertiary/aromatic N) is 2. The molecule has 1 amide bonds. The van der Waals surface area contributed by atoms with E-state index in [1.165, 1.54) is 42.4 Å². The monoisotopic (exact) mass is 422 g/mol. The van der Waals surface area contributed by atoms with Crippen LogP contribution in [0.25, 0.3) is 0 Å². The van der Waals surface area contributed by atoms with Crippen molar-refractivity contribution in [1.29, 1.82) is 0 Å². The number of hydrogen-bond acceptors (Lipinski definition) is 7. The van der Waals surface area contributed by atoms with E-state index in [0.717, 1.165) is 34.0 Å². The van der Waals surface area contributed by atoms with Crippen LogP contribution in [0.2, 0.25) is 0 Å². The zero-order valence-electron chi connectivity index (χ0n) is 16.9. The molecule has 1 aliphatic carbocycles. The molecule has 2 N–H and O–H groups in total. The van der Waals surface area contributed by atoms with E-state index in [1.54, 1.807) is 6.26 Å². The van der Waals surface area contributed by atoms with Gasteiger partial charge in [-0.25, -0.2) is 0 Å². The summed E-state index contributed by atoms with van der Waals surface area (Å²) in [5.74, 6) is 2.09. The Morgan fingerprint density at radius 2 is 2.11 bits per heavy atom. The number of aromatic nitrogens is 2. The number of anilines is 1. The van der Waals surface area contributed by atoms with Gasteiger partial charge in [0.25, 0.3) is 0 Å². The molecule has 3 rings (SSSR count). The molecule has 1 saturated carbocycles. The summed E-state index contributed by atoms with van der Waals surface area (Å²) in [6, 6.07) is 4.08. The minimum Gasteiger partial charge on any atom is -0.467 e. The summed E-state index contributed by atoms with van der Waals surface area (Å²) in [5.41, 5.74) is 0.408. The van der Waals surface area contributed by atoms with Crippen LogP contribution in [-0.4, -0.2) is 27.9 Å². The highest BCUT2D eigenvalue weighted by Gasteiger charge is 2.32. The first kappa shape index (κ1) is 21.2. The average molecular weight is 423 g/mol. The summed E-state index contributed by atoms with van der Waals surface area (Å²) in [7, 11) is 0. The Morgan fingerprint density at radius 1 is 1.32 bits per heavy atom. The van der Waals surface area contributed by atoms with Crippen molar-refractivity contribution in [3.05, 3.63) is 24.2 Å². The molecule has 0 saturated heterocycles. The lowest BCUT2D eigenvalue weighted by molar-refractivity contribution is -0.119. The topological polar surface area (TPSA) is 80.0 Å². The maximum atomic E-state index is 12.3. The Labute approximate surface area is 175 Å². The summed E-state index contributed by atoms with van der Waals surface area (Å²) in [6.45, 7) is 7.58. The van der Waals surface area contributed by atoms with Gasteiger partial charge >= 0.3 is 0 Å². The number of nitrogens with one attached hydrogen (secondary N) is 2. The molecule has 2 aromatic heterocycles. The maximum Gasteiger partial charge on any atom is 0.230 e. The molecule has 2 heterocycles. The molecule has 1 aliphatic rings. The molecule has 1 fully saturated rings. The molecular weight excluding hydrogens is 392 g/mol. The predicted molar refractivity (Wildman–Crippen MR) is 115 cm³/mol. The van der Waals surface area contributed by atoms with E-state index in [9.17, 15) is 4.79 Å². The van der Waals surface area contributed by atoms with Crippen LogP contribution in [0.4, 0.5) is 5.13 Å². The van der Waals surface area contributed by atoms with E-state index >= 15 is 0 Å². The van der Waals surface area contributed by atoms with Gasteiger partial charge in [-0.05, 0) is 49.1 Å². The highest BCUT2D eigenvalue weighted by atomic mass is 32.2. The zero-order valence-corrected chi connectivity index (χ0v) is 18.5. The van der Waals surface area contributed by atoms with Gasteiger partial charge in [-0.1, -0.05) is 50.3 Å². The number of amides is 1. The summed E-state index contributed by atoms with van der Waals surface area (Å²) in [6.07, 6.45) is 7.45. The Morgan fingerprint density at radius 3 is 2.79 bits per heavy atom. The largest absolute Gasteiger partial charge is 0.467 e. The molecule has 0 unspecified atom stereocenters. The number of carbonyl (C=O) groups is 1. The van der Waals surface area contributed by atoms with E-state index in [-0.39, 0.29) is 5.91 Å². The van der Waals surface area contributed by atoms with Crippen LogP contribution < -0.4 is 10.6 Å². The lowest BCUT2D eigenvalue weighted by atomic mass is 9.69. The molecule has 0 spiro atoms. The van der Waals surface area contributed by atoms with Crippen LogP contribution in [0.15, 0.2) is 27.2 Å². The fourth-order valence-electron chi connectivity index (χ4n) is 3.62. The smallest absolute Gasteiger partial charge is 0.230 e. The number of thioether (sulfide) groups is 1. The lowest BCUT2D eigenvalue weighted by Gasteiger charge is -2.39. The molecule has 0 atom stereocenters. The van der Waals surface area contributed by atoms with E-state index in [0.29, 0.717) is 23.8 Å². The molecule has 0 bridgehead atoms. The summed E-state index contributed by atoms with van der Waals surface area (Å²) >= 11 is 2.90. The van der Waals surface area contributed by atoms with Gasteiger partial charge in [0.2, 0.25) is 11.0 Å². The molecule has 6 nitrogen and oxygen atoms in total. The first-order chi connectivity index (χ1) is 13.5. The van der Waals surface area contributed by atoms with Crippen molar-refractivity contribution in [2.45, 2.75) is 69.8 Å². The molecule has 2 aromatic rings. The van der Waals surface area contributed by atoms with Gasteiger partial charge in [-0.15, -0.1) is 10.2 Å². The fraction of sp³-hybridized carbons (Fsp3) is 0.650. The van der Waals surface area contributed by atoms with Crippen LogP contribution in [0.5, 0.6) is 0 Å². The quantitative estimate of drug-likeness (QED) is 0.557. The van der Waals surface area contributed by atoms with Gasteiger partial charge < -0.3 is 15.1 Å². The van der Waals surface area contributed by atoms with Crippen LogP contribution in [0, 0.1) is 11.3 Å². The Kier molecular flexibility index (Phi) is 7.40. The summed E-state index contributed by atoms with van der Waals surface area (Å²) in [4.78, 5) is 12.3. The van der Waals surface area contributed by atoms with Crippen molar-refractivity contribution < 1.29 is 9.21 Å². The molecular formula is C20H30N4O2S2. The lowest BCUT2D eigenvalue weighted by Crippen LogP contribution is -2.40. The van der Waals surface area contributed by atoms with E-state index < -0.39 is 0 Å². The van der Waals surface area contributed by atoms with Gasteiger partial charge in [-0.2, -0.15) is 0 Å². The van der Waals surface area contributed by atoms with Gasteiger partial charge in [0, 0.05) is 6.04 Å². The Balaban J connectivity index is 1.36. The van der Waals surface area contributed by atoms with Crippen molar-refractivity contribution in [2.75, 3.05) is 11.1 Å². The third kappa shape index (κ3) is 5.98. The maximum absolute atomic E-state index is 12.3. The van der Waals surface area contributed by atoms with E-state index in [2.05, 4.69) is 41.6 Å². The molecule has 28 heavy (non-hydrogen) atoms. The standard InChI is InChI=1S/C20H30N4O2S2/c1-4-20(2,3)14-7-9-15(10-8-14)22-17(25)13-27-19-24-23-18(28-19)21-12-16-6-5-11-26-16/h5-6,11,14-15H,4,7-10,12-13H2,1-3H3,(H,21,23)(H,22,25). The predicted octanol–water partition coefficient (Wildman–Crippen LogP) is 4.95. The van der Waals surface area contributed by atoms with Gasteiger partial charge in [-0.3, -0.25) is 4.79 Å².